The van der Waals surface area contributed by atoms with Gasteiger partial charge in [0.25, 0.3) is 0 Å². The van der Waals surface area contributed by atoms with Gasteiger partial charge < -0.3 is 9.64 Å². The Balaban J connectivity index is 1.37. The van der Waals surface area contributed by atoms with Crippen molar-refractivity contribution < 1.29 is 14.3 Å². The third-order valence-corrected chi connectivity index (χ3v) is 5.49. The van der Waals surface area contributed by atoms with Crippen molar-refractivity contribution in [2.45, 2.75) is 32.7 Å². The van der Waals surface area contributed by atoms with E-state index in [1.165, 1.54) is 12.5 Å². The number of hydrogen-bond donors (Lipinski definition) is 0. The molecule has 0 saturated carbocycles. The summed E-state index contributed by atoms with van der Waals surface area (Å²) in [6, 6.07) is 16.9. The van der Waals surface area contributed by atoms with Crippen molar-refractivity contribution in [2.75, 3.05) is 32.8 Å². The molecule has 162 valence electrons. The van der Waals surface area contributed by atoms with E-state index in [9.17, 15) is 9.59 Å². The van der Waals surface area contributed by atoms with Crippen LogP contribution in [0.1, 0.15) is 47.7 Å². The highest BCUT2D eigenvalue weighted by molar-refractivity contribution is 5.94. The second-order valence-corrected chi connectivity index (χ2v) is 7.85. The average Bonchev–Trinajstić information content (AvgIpc) is 3.03. The maximum absolute atomic E-state index is 12.6. The largest absolute Gasteiger partial charge is 0.494 e. The summed E-state index contributed by atoms with van der Waals surface area (Å²) in [5.74, 6) is 0.923. The zero-order valence-electron chi connectivity index (χ0n) is 18.0. The van der Waals surface area contributed by atoms with E-state index in [1.54, 1.807) is 24.3 Å². The number of benzene rings is 2. The molecule has 1 saturated heterocycles. The van der Waals surface area contributed by atoms with Gasteiger partial charge in [-0.1, -0.05) is 12.1 Å². The minimum atomic E-state index is 0.0325. The van der Waals surface area contributed by atoms with Gasteiger partial charge in [-0.25, -0.2) is 0 Å². The van der Waals surface area contributed by atoms with E-state index >= 15 is 0 Å². The van der Waals surface area contributed by atoms with Crippen LogP contribution in [-0.2, 0) is 11.3 Å². The highest BCUT2D eigenvalue weighted by Gasteiger charge is 2.19. The Morgan fingerprint density at radius 2 is 1.74 bits per heavy atom. The van der Waals surface area contributed by atoms with E-state index in [0.717, 1.165) is 39.1 Å². The highest BCUT2D eigenvalue weighted by Crippen LogP contribution is 2.14. The molecule has 1 aliphatic rings. The quantitative estimate of drug-likeness (QED) is 0.482. The summed E-state index contributed by atoms with van der Waals surface area (Å²) in [7, 11) is 0. The van der Waals surface area contributed by atoms with Gasteiger partial charge in [0.1, 0.15) is 5.75 Å². The zero-order chi connectivity index (χ0) is 22.1. The van der Waals surface area contributed by atoms with Gasteiger partial charge in [0.05, 0.1) is 18.2 Å². The monoisotopic (exact) mass is 419 g/mol. The second kappa shape index (κ2) is 11.3. The predicted octanol–water partition coefficient (Wildman–Crippen LogP) is 3.65. The standard InChI is InChI=1S/C25H29N3O3/c1-20(29)23-9-11-24(12-10-23)31-17-2-4-25(30)28-14-3-13-27(15-16-28)19-22-7-5-21(18-26)6-8-22/h5-12H,2-4,13-17,19H2,1H3. The molecule has 6 nitrogen and oxygen atoms in total. The molecule has 31 heavy (non-hydrogen) atoms. The molecule has 0 radical (unpaired) electrons. The Hall–Kier alpha value is -3.17. The molecule has 3 rings (SSSR count). The van der Waals surface area contributed by atoms with Crippen molar-refractivity contribution in [3.63, 3.8) is 0 Å². The first kappa shape index (κ1) is 22.5. The fourth-order valence-electron chi connectivity index (χ4n) is 3.68. The van der Waals surface area contributed by atoms with Gasteiger partial charge in [0, 0.05) is 44.7 Å². The average molecular weight is 420 g/mol. The molecule has 0 aromatic heterocycles. The molecule has 0 atom stereocenters. The minimum Gasteiger partial charge on any atom is -0.494 e. The predicted molar refractivity (Wildman–Crippen MR) is 119 cm³/mol. The van der Waals surface area contributed by atoms with Crippen molar-refractivity contribution in [3.8, 4) is 11.8 Å². The molecule has 0 N–H and O–H groups in total. The lowest BCUT2D eigenvalue weighted by atomic mass is 10.1. The number of carbonyl (C=O) groups excluding carboxylic acids is 2. The fraction of sp³-hybridized carbons (Fsp3) is 0.400. The van der Waals surface area contributed by atoms with Gasteiger partial charge in [-0.2, -0.15) is 5.26 Å². The molecule has 2 aromatic carbocycles. The lowest BCUT2D eigenvalue weighted by molar-refractivity contribution is -0.131. The molecular weight excluding hydrogens is 390 g/mol. The van der Waals surface area contributed by atoms with E-state index in [-0.39, 0.29) is 11.7 Å². The first-order chi connectivity index (χ1) is 15.0. The molecule has 1 fully saturated rings. The van der Waals surface area contributed by atoms with Crippen LogP contribution < -0.4 is 4.74 Å². The summed E-state index contributed by atoms with van der Waals surface area (Å²) < 4.78 is 5.69. The summed E-state index contributed by atoms with van der Waals surface area (Å²) >= 11 is 0. The van der Waals surface area contributed by atoms with Crippen LogP contribution in [0.25, 0.3) is 0 Å². The van der Waals surface area contributed by atoms with E-state index < -0.39 is 0 Å². The number of Topliss-reactive ketones (excluding diaryl/α,β-unsaturated/α-hetero) is 1. The van der Waals surface area contributed by atoms with Crippen molar-refractivity contribution in [1.29, 1.82) is 5.26 Å². The van der Waals surface area contributed by atoms with Gasteiger partial charge in [-0.15, -0.1) is 0 Å². The van der Waals surface area contributed by atoms with E-state index in [0.29, 0.717) is 36.3 Å². The van der Waals surface area contributed by atoms with E-state index in [4.69, 9.17) is 10.00 Å². The number of nitriles is 1. The van der Waals surface area contributed by atoms with Gasteiger partial charge in [0.2, 0.25) is 5.91 Å². The Morgan fingerprint density at radius 1 is 1.00 bits per heavy atom. The lowest BCUT2D eigenvalue weighted by Crippen LogP contribution is -2.35. The van der Waals surface area contributed by atoms with Crippen LogP contribution in [0.3, 0.4) is 0 Å². The number of amides is 1. The number of hydrogen-bond acceptors (Lipinski definition) is 5. The van der Waals surface area contributed by atoms with Crippen LogP contribution in [0.15, 0.2) is 48.5 Å². The van der Waals surface area contributed by atoms with Gasteiger partial charge in [-0.3, -0.25) is 14.5 Å². The summed E-state index contributed by atoms with van der Waals surface area (Å²) in [5.41, 5.74) is 2.53. The van der Waals surface area contributed by atoms with Crippen LogP contribution in [0, 0.1) is 11.3 Å². The molecule has 0 aliphatic carbocycles. The molecule has 1 aliphatic heterocycles. The van der Waals surface area contributed by atoms with Crippen LogP contribution in [-0.4, -0.2) is 54.3 Å². The maximum Gasteiger partial charge on any atom is 0.222 e. The Labute approximate surface area is 184 Å². The molecule has 1 amide bonds. The van der Waals surface area contributed by atoms with Crippen molar-refractivity contribution >= 4 is 11.7 Å². The van der Waals surface area contributed by atoms with Crippen LogP contribution in [0.2, 0.25) is 0 Å². The molecule has 2 aromatic rings. The number of rotatable bonds is 8. The van der Waals surface area contributed by atoms with Crippen molar-refractivity contribution in [2.24, 2.45) is 0 Å². The topological polar surface area (TPSA) is 73.6 Å². The third kappa shape index (κ3) is 6.94. The molecule has 6 heteroatoms. The normalized spacial score (nSPS) is 14.5. The summed E-state index contributed by atoms with van der Waals surface area (Å²) in [6.07, 6.45) is 2.10. The second-order valence-electron chi connectivity index (χ2n) is 7.85. The molecule has 1 heterocycles. The maximum atomic E-state index is 12.6. The Morgan fingerprint density at radius 3 is 2.42 bits per heavy atom. The number of ketones is 1. The first-order valence-electron chi connectivity index (χ1n) is 10.8. The van der Waals surface area contributed by atoms with E-state index in [1.807, 2.05) is 29.2 Å². The van der Waals surface area contributed by atoms with Crippen molar-refractivity contribution in [1.82, 2.24) is 9.80 Å². The third-order valence-electron chi connectivity index (χ3n) is 5.49. The summed E-state index contributed by atoms with van der Waals surface area (Å²) in [6.45, 7) is 6.19. The lowest BCUT2D eigenvalue weighted by Gasteiger charge is -2.22. The SMILES string of the molecule is CC(=O)c1ccc(OCCCC(=O)N2CCCN(Cc3ccc(C#N)cc3)CC2)cc1. The summed E-state index contributed by atoms with van der Waals surface area (Å²) in [5, 5.41) is 8.91. The fourth-order valence-corrected chi connectivity index (χ4v) is 3.68. The number of carbonyl (C=O) groups is 2. The van der Waals surface area contributed by atoms with Gasteiger partial charge in [-0.05, 0) is 61.7 Å². The zero-order valence-corrected chi connectivity index (χ0v) is 18.0. The van der Waals surface area contributed by atoms with Crippen LogP contribution >= 0.6 is 0 Å². The highest BCUT2D eigenvalue weighted by atomic mass is 16.5. The van der Waals surface area contributed by atoms with Gasteiger partial charge in [0.15, 0.2) is 5.78 Å². The van der Waals surface area contributed by atoms with Gasteiger partial charge >= 0.3 is 0 Å². The minimum absolute atomic E-state index is 0.0325. The number of ether oxygens (including phenoxy) is 1. The Kier molecular flexibility index (Phi) is 8.19. The Bertz CT molecular complexity index is 917. The number of nitrogens with zero attached hydrogens (tertiary/aromatic N) is 3. The molecular formula is C25H29N3O3. The van der Waals surface area contributed by atoms with Crippen LogP contribution in [0.5, 0.6) is 5.75 Å². The molecule has 0 unspecified atom stereocenters. The first-order valence-corrected chi connectivity index (χ1v) is 10.8. The molecule has 0 bridgehead atoms. The van der Waals surface area contributed by atoms with E-state index in [2.05, 4.69) is 11.0 Å². The molecule has 0 spiro atoms. The summed E-state index contributed by atoms with van der Waals surface area (Å²) in [4.78, 5) is 28.2. The van der Waals surface area contributed by atoms with Crippen LogP contribution in [0.4, 0.5) is 0 Å². The van der Waals surface area contributed by atoms with Crippen molar-refractivity contribution in [3.05, 3.63) is 65.2 Å². The smallest absolute Gasteiger partial charge is 0.222 e.